The quantitative estimate of drug-likeness (QED) is 0.530. The van der Waals surface area contributed by atoms with Crippen LogP contribution in [-0.4, -0.2) is 68.0 Å². The topological polar surface area (TPSA) is 99.9 Å². The molecular formula is C25H27N3O5S. The summed E-state index contributed by atoms with van der Waals surface area (Å²) in [5.41, 5.74) is 0.946. The summed E-state index contributed by atoms with van der Waals surface area (Å²) in [6, 6.07) is 20.2. The second kappa shape index (κ2) is 10.7. The molecule has 34 heavy (non-hydrogen) atoms. The molecule has 2 aromatic carbocycles. The maximum absolute atomic E-state index is 13.1. The fraction of sp³-hybridized carbons (Fsp3) is 0.280. The first-order valence-corrected chi connectivity index (χ1v) is 12.8. The van der Waals surface area contributed by atoms with E-state index in [2.05, 4.69) is 5.32 Å². The maximum Gasteiger partial charge on any atom is 0.290 e. The predicted molar refractivity (Wildman–Crippen MR) is 127 cm³/mol. The molecule has 1 fully saturated rings. The zero-order chi connectivity index (χ0) is 24.0. The van der Waals surface area contributed by atoms with E-state index in [1.165, 1.54) is 11.2 Å². The summed E-state index contributed by atoms with van der Waals surface area (Å²) in [7, 11) is -3.45. The fourth-order valence-electron chi connectivity index (χ4n) is 3.95. The van der Waals surface area contributed by atoms with E-state index >= 15 is 0 Å². The van der Waals surface area contributed by atoms with Gasteiger partial charge >= 0.3 is 0 Å². The summed E-state index contributed by atoms with van der Waals surface area (Å²) in [6.07, 6.45) is 1.42. The molecule has 1 aliphatic heterocycles. The van der Waals surface area contributed by atoms with E-state index in [4.69, 9.17) is 4.42 Å². The van der Waals surface area contributed by atoms with E-state index < -0.39 is 15.9 Å². The van der Waals surface area contributed by atoms with E-state index in [-0.39, 0.29) is 47.9 Å². The number of carbonyl (C=O) groups excluding carboxylic acids is 2. The third kappa shape index (κ3) is 5.73. The molecule has 2 heterocycles. The number of nitrogens with one attached hydrogen (secondary N) is 1. The van der Waals surface area contributed by atoms with Crippen LogP contribution in [-0.2, 0) is 21.2 Å². The number of hydrogen-bond acceptors (Lipinski definition) is 6. The van der Waals surface area contributed by atoms with Crippen molar-refractivity contribution < 1.29 is 22.4 Å². The van der Waals surface area contributed by atoms with Crippen LogP contribution in [0.25, 0.3) is 0 Å². The third-order valence-electron chi connectivity index (χ3n) is 5.85. The van der Waals surface area contributed by atoms with E-state index in [0.717, 1.165) is 5.56 Å². The van der Waals surface area contributed by atoms with Crippen LogP contribution >= 0.6 is 0 Å². The molecule has 8 nitrogen and oxygen atoms in total. The van der Waals surface area contributed by atoms with Gasteiger partial charge in [0, 0.05) is 32.7 Å². The van der Waals surface area contributed by atoms with Gasteiger partial charge in [-0.3, -0.25) is 14.5 Å². The molecule has 1 atom stereocenters. The van der Waals surface area contributed by atoms with Crippen molar-refractivity contribution in [1.29, 1.82) is 0 Å². The summed E-state index contributed by atoms with van der Waals surface area (Å²) >= 11 is 0. The third-order valence-corrected chi connectivity index (χ3v) is 7.56. The average Bonchev–Trinajstić information content (AvgIpc) is 3.42. The number of benzene rings is 2. The average molecular weight is 482 g/mol. The molecule has 4 rings (SSSR count). The Balaban J connectivity index is 1.45. The molecule has 0 bridgehead atoms. The van der Waals surface area contributed by atoms with Gasteiger partial charge in [-0.2, -0.15) is 0 Å². The van der Waals surface area contributed by atoms with Crippen LogP contribution in [0.5, 0.6) is 0 Å². The van der Waals surface area contributed by atoms with Gasteiger partial charge in [-0.1, -0.05) is 48.5 Å². The maximum atomic E-state index is 13.1. The number of amides is 2. The van der Waals surface area contributed by atoms with Gasteiger partial charge < -0.3 is 14.6 Å². The Bertz CT molecular complexity index is 1200. The second-order valence-electron chi connectivity index (χ2n) is 8.13. The van der Waals surface area contributed by atoms with Gasteiger partial charge in [0.15, 0.2) is 15.6 Å². The highest BCUT2D eigenvalue weighted by Crippen LogP contribution is 2.17. The highest BCUT2D eigenvalue weighted by Gasteiger charge is 2.36. The molecule has 1 N–H and O–H groups in total. The molecule has 9 heteroatoms. The molecule has 1 aliphatic rings. The predicted octanol–water partition coefficient (Wildman–Crippen LogP) is 2.20. The monoisotopic (exact) mass is 481 g/mol. The van der Waals surface area contributed by atoms with Crippen molar-refractivity contribution in [3.63, 3.8) is 0 Å². The van der Waals surface area contributed by atoms with Crippen LogP contribution in [0.15, 0.2) is 88.4 Å². The Morgan fingerprint density at radius 2 is 1.65 bits per heavy atom. The van der Waals surface area contributed by atoms with Crippen LogP contribution in [0.1, 0.15) is 16.1 Å². The van der Waals surface area contributed by atoms with Crippen LogP contribution in [0, 0.1) is 0 Å². The Hall–Kier alpha value is -3.43. The highest BCUT2D eigenvalue weighted by atomic mass is 32.2. The SMILES string of the molecule is O=C(NCc1ccccc1)C1CN(CCS(=O)(=O)c2ccccc2)CCN1C(=O)c1ccco1. The van der Waals surface area contributed by atoms with Crippen LogP contribution in [0.2, 0.25) is 0 Å². The molecule has 2 amide bonds. The molecule has 0 radical (unpaired) electrons. The summed E-state index contributed by atoms with van der Waals surface area (Å²) in [4.78, 5) is 29.8. The summed E-state index contributed by atoms with van der Waals surface area (Å²) in [6.45, 7) is 1.58. The van der Waals surface area contributed by atoms with Crippen molar-refractivity contribution in [3.05, 3.63) is 90.4 Å². The van der Waals surface area contributed by atoms with Crippen LogP contribution in [0.4, 0.5) is 0 Å². The number of nitrogens with zero attached hydrogens (tertiary/aromatic N) is 2. The van der Waals surface area contributed by atoms with Gasteiger partial charge in [-0.05, 0) is 29.8 Å². The smallest absolute Gasteiger partial charge is 0.290 e. The van der Waals surface area contributed by atoms with Crippen molar-refractivity contribution in [1.82, 2.24) is 15.1 Å². The van der Waals surface area contributed by atoms with Crippen LogP contribution in [0.3, 0.4) is 0 Å². The van der Waals surface area contributed by atoms with Crippen LogP contribution < -0.4 is 5.32 Å². The lowest BCUT2D eigenvalue weighted by Gasteiger charge is -2.40. The normalized spacial score (nSPS) is 16.8. The molecule has 1 saturated heterocycles. The Kier molecular flexibility index (Phi) is 7.44. The van der Waals surface area contributed by atoms with E-state index in [1.807, 2.05) is 35.2 Å². The Morgan fingerprint density at radius 1 is 0.941 bits per heavy atom. The molecule has 0 saturated carbocycles. The molecule has 0 spiro atoms. The number of hydrogen-bond donors (Lipinski definition) is 1. The lowest BCUT2D eigenvalue weighted by atomic mass is 10.1. The van der Waals surface area contributed by atoms with Crippen molar-refractivity contribution >= 4 is 21.7 Å². The largest absolute Gasteiger partial charge is 0.459 e. The lowest BCUT2D eigenvalue weighted by molar-refractivity contribution is -0.127. The zero-order valence-electron chi connectivity index (χ0n) is 18.7. The Labute approximate surface area is 199 Å². The van der Waals surface area contributed by atoms with Gasteiger partial charge in [0.25, 0.3) is 5.91 Å². The first-order chi connectivity index (χ1) is 16.4. The number of piperazine rings is 1. The van der Waals surface area contributed by atoms with Gasteiger partial charge in [0.2, 0.25) is 5.91 Å². The van der Waals surface area contributed by atoms with Gasteiger partial charge in [0.1, 0.15) is 6.04 Å². The lowest BCUT2D eigenvalue weighted by Crippen LogP contribution is -2.60. The number of rotatable bonds is 8. The van der Waals surface area contributed by atoms with E-state index in [0.29, 0.717) is 13.1 Å². The van der Waals surface area contributed by atoms with Gasteiger partial charge in [-0.25, -0.2) is 8.42 Å². The van der Waals surface area contributed by atoms with Gasteiger partial charge in [0.05, 0.1) is 16.9 Å². The fourth-order valence-corrected chi connectivity index (χ4v) is 5.26. The minimum absolute atomic E-state index is 0.0680. The van der Waals surface area contributed by atoms with Crippen molar-refractivity contribution in [2.75, 3.05) is 31.9 Å². The standard InChI is InChI=1S/C25H27N3O5S/c29-24(26-18-20-8-3-1-4-9-20)22-19-27(13-14-28(22)25(30)23-12-7-16-33-23)15-17-34(31,32)21-10-5-2-6-11-21/h1-12,16,22H,13-15,17-19H2,(H,26,29). The summed E-state index contributed by atoms with van der Waals surface area (Å²) < 4.78 is 30.6. The Morgan fingerprint density at radius 3 is 2.32 bits per heavy atom. The number of furan rings is 1. The first kappa shape index (κ1) is 23.7. The molecule has 178 valence electrons. The van der Waals surface area contributed by atoms with E-state index in [9.17, 15) is 18.0 Å². The van der Waals surface area contributed by atoms with Crippen molar-refractivity contribution in [3.8, 4) is 0 Å². The molecular weight excluding hydrogens is 454 g/mol. The molecule has 1 aromatic heterocycles. The van der Waals surface area contributed by atoms with Gasteiger partial charge in [-0.15, -0.1) is 0 Å². The molecule has 3 aromatic rings. The molecule has 1 unspecified atom stereocenters. The van der Waals surface area contributed by atoms with Crippen molar-refractivity contribution in [2.24, 2.45) is 0 Å². The van der Waals surface area contributed by atoms with Crippen molar-refractivity contribution in [2.45, 2.75) is 17.5 Å². The second-order valence-corrected chi connectivity index (χ2v) is 10.2. The zero-order valence-corrected chi connectivity index (χ0v) is 19.5. The summed E-state index contributed by atoms with van der Waals surface area (Å²) in [5.74, 6) is -0.552. The first-order valence-electron chi connectivity index (χ1n) is 11.1. The number of sulfone groups is 1. The molecule has 0 aliphatic carbocycles. The number of carbonyl (C=O) groups is 2. The minimum Gasteiger partial charge on any atom is -0.459 e. The minimum atomic E-state index is -3.45. The summed E-state index contributed by atoms with van der Waals surface area (Å²) in [5, 5.41) is 2.91. The van der Waals surface area contributed by atoms with E-state index in [1.54, 1.807) is 42.5 Å². The highest BCUT2D eigenvalue weighted by molar-refractivity contribution is 7.91.